The van der Waals surface area contributed by atoms with Gasteiger partial charge < -0.3 is 10.5 Å². The molecule has 1 fully saturated rings. The van der Waals surface area contributed by atoms with Gasteiger partial charge in [-0.3, -0.25) is 4.90 Å². The standard InChI is InChI=1S/C19H25FN6O/c1-19(2,20)11-25-9-5-6-12(10-25)16-23-17-13-7-4-8-14(27-3)15(13)22-18(21)26(17)24-16/h4,7-8,12H,5-6,9-11H2,1-3H3,(H2,21,22). The molecular formula is C19H25FN6O. The third-order valence-corrected chi connectivity index (χ3v) is 5.00. The van der Waals surface area contributed by atoms with Crippen LogP contribution in [0.5, 0.6) is 5.75 Å². The van der Waals surface area contributed by atoms with E-state index >= 15 is 0 Å². The summed E-state index contributed by atoms with van der Waals surface area (Å²) in [6.45, 7) is 5.30. The zero-order valence-corrected chi connectivity index (χ0v) is 15.9. The van der Waals surface area contributed by atoms with Gasteiger partial charge in [-0.05, 0) is 45.4 Å². The molecule has 0 aliphatic carbocycles. The predicted octanol–water partition coefficient (Wildman–Crippen LogP) is 2.80. The number of nitrogens with zero attached hydrogens (tertiary/aromatic N) is 5. The summed E-state index contributed by atoms with van der Waals surface area (Å²) in [5, 5.41) is 5.48. The van der Waals surface area contributed by atoms with Crippen molar-refractivity contribution in [3.05, 3.63) is 24.0 Å². The smallest absolute Gasteiger partial charge is 0.223 e. The molecule has 27 heavy (non-hydrogen) atoms. The molecule has 0 bridgehead atoms. The van der Waals surface area contributed by atoms with Gasteiger partial charge in [0.1, 0.15) is 16.9 Å². The number of hydrogen-bond acceptors (Lipinski definition) is 6. The Balaban J connectivity index is 1.73. The summed E-state index contributed by atoms with van der Waals surface area (Å²) in [5.74, 6) is 1.82. The van der Waals surface area contributed by atoms with E-state index in [1.54, 1.807) is 25.5 Å². The largest absolute Gasteiger partial charge is 0.494 e. The number of methoxy groups -OCH3 is 1. The van der Waals surface area contributed by atoms with Crippen LogP contribution in [0.15, 0.2) is 18.2 Å². The number of aromatic nitrogens is 4. The molecule has 0 amide bonds. The third kappa shape index (κ3) is 3.41. The van der Waals surface area contributed by atoms with E-state index in [-0.39, 0.29) is 11.9 Å². The van der Waals surface area contributed by atoms with Crippen molar-refractivity contribution in [3.8, 4) is 5.75 Å². The van der Waals surface area contributed by atoms with Gasteiger partial charge in [0.15, 0.2) is 11.5 Å². The van der Waals surface area contributed by atoms with E-state index in [1.165, 1.54) is 0 Å². The van der Waals surface area contributed by atoms with Crippen LogP contribution in [-0.4, -0.2) is 56.9 Å². The summed E-state index contributed by atoms with van der Waals surface area (Å²) < 4.78 is 21.0. The molecule has 144 valence electrons. The maximum absolute atomic E-state index is 14.1. The van der Waals surface area contributed by atoms with Gasteiger partial charge in [0.2, 0.25) is 5.95 Å². The highest BCUT2D eigenvalue weighted by molar-refractivity contribution is 5.95. The summed E-state index contributed by atoms with van der Waals surface area (Å²) in [5.41, 5.74) is 6.27. The van der Waals surface area contributed by atoms with Gasteiger partial charge >= 0.3 is 0 Å². The Morgan fingerprint density at radius 2 is 2.15 bits per heavy atom. The SMILES string of the molecule is COc1cccc2c1nc(N)n1nc(C3CCCN(CC(C)(C)F)C3)nc21. The van der Waals surface area contributed by atoms with E-state index in [9.17, 15) is 4.39 Å². The van der Waals surface area contributed by atoms with Gasteiger partial charge in [-0.15, -0.1) is 5.10 Å². The quantitative estimate of drug-likeness (QED) is 0.758. The van der Waals surface area contributed by atoms with E-state index in [2.05, 4.69) is 15.0 Å². The zero-order chi connectivity index (χ0) is 19.2. The first-order valence-electron chi connectivity index (χ1n) is 9.26. The Hall–Kier alpha value is -2.48. The molecule has 1 aliphatic rings. The van der Waals surface area contributed by atoms with Crippen LogP contribution in [0.1, 0.15) is 38.4 Å². The number of halogens is 1. The minimum Gasteiger partial charge on any atom is -0.494 e. The molecule has 8 heteroatoms. The lowest BCUT2D eigenvalue weighted by Gasteiger charge is -2.34. The predicted molar refractivity (Wildman–Crippen MR) is 103 cm³/mol. The summed E-state index contributed by atoms with van der Waals surface area (Å²) in [6, 6.07) is 5.69. The highest BCUT2D eigenvalue weighted by Gasteiger charge is 2.29. The molecule has 4 rings (SSSR count). The van der Waals surface area contributed by atoms with Gasteiger partial charge in [0, 0.05) is 24.4 Å². The maximum Gasteiger partial charge on any atom is 0.223 e. The number of likely N-dealkylation sites (tertiary alicyclic amines) is 1. The van der Waals surface area contributed by atoms with Crippen molar-refractivity contribution in [3.63, 3.8) is 0 Å². The Kier molecular flexibility index (Phi) is 4.38. The van der Waals surface area contributed by atoms with Crippen LogP contribution >= 0.6 is 0 Å². The molecule has 1 aliphatic heterocycles. The molecular weight excluding hydrogens is 347 g/mol. The van der Waals surface area contributed by atoms with Crippen LogP contribution < -0.4 is 10.5 Å². The number of ether oxygens (including phenoxy) is 1. The van der Waals surface area contributed by atoms with Crippen LogP contribution in [0.2, 0.25) is 0 Å². The highest BCUT2D eigenvalue weighted by atomic mass is 19.1. The number of rotatable bonds is 4. The van der Waals surface area contributed by atoms with E-state index < -0.39 is 5.67 Å². The van der Waals surface area contributed by atoms with Crippen molar-refractivity contribution < 1.29 is 9.13 Å². The first-order valence-corrected chi connectivity index (χ1v) is 9.26. The fraction of sp³-hybridized carbons (Fsp3) is 0.526. The van der Waals surface area contributed by atoms with E-state index in [1.807, 2.05) is 18.2 Å². The van der Waals surface area contributed by atoms with Crippen molar-refractivity contribution in [2.24, 2.45) is 0 Å². The van der Waals surface area contributed by atoms with Crippen LogP contribution in [0.4, 0.5) is 10.3 Å². The molecule has 2 N–H and O–H groups in total. The number of alkyl halides is 1. The Bertz CT molecular complexity index is 980. The molecule has 0 radical (unpaired) electrons. The molecule has 1 aromatic carbocycles. The fourth-order valence-electron chi connectivity index (χ4n) is 3.92. The van der Waals surface area contributed by atoms with Crippen molar-refractivity contribution in [2.45, 2.75) is 38.3 Å². The molecule has 3 heterocycles. The molecule has 1 unspecified atom stereocenters. The van der Waals surface area contributed by atoms with Crippen LogP contribution in [-0.2, 0) is 0 Å². The second-order valence-electron chi connectivity index (χ2n) is 7.82. The highest BCUT2D eigenvalue weighted by Crippen LogP contribution is 2.30. The minimum atomic E-state index is -1.21. The minimum absolute atomic E-state index is 0.154. The van der Waals surface area contributed by atoms with Crippen LogP contribution in [0.3, 0.4) is 0 Å². The lowest BCUT2D eigenvalue weighted by Crippen LogP contribution is -2.41. The van der Waals surface area contributed by atoms with Crippen LogP contribution in [0, 0.1) is 0 Å². The Labute approximate surface area is 157 Å². The number of anilines is 1. The molecule has 1 atom stereocenters. The van der Waals surface area contributed by atoms with Gasteiger partial charge in [0.05, 0.1) is 7.11 Å². The summed E-state index contributed by atoms with van der Waals surface area (Å²) in [4.78, 5) is 11.4. The van der Waals surface area contributed by atoms with Crippen molar-refractivity contribution in [1.82, 2.24) is 24.5 Å². The second kappa shape index (κ2) is 6.60. The van der Waals surface area contributed by atoms with Gasteiger partial charge in [-0.25, -0.2) is 14.4 Å². The first kappa shape index (κ1) is 17.9. The molecule has 0 spiro atoms. The number of piperidine rings is 1. The lowest BCUT2D eigenvalue weighted by molar-refractivity contribution is 0.102. The first-order chi connectivity index (χ1) is 12.9. The molecule has 7 nitrogen and oxygen atoms in total. The number of fused-ring (bicyclic) bond motifs is 3. The maximum atomic E-state index is 14.1. The number of benzene rings is 1. The van der Waals surface area contributed by atoms with Crippen molar-refractivity contribution >= 4 is 22.5 Å². The van der Waals surface area contributed by atoms with Gasteiger partial charge in [0.25, 0.3) is 0 Å². The Morgan fingerprint density at radius 1 is 1.33 bits per heavy atom. The zero-order valence-electron chi connectivity index (χ0n) is 15.9. The summed E-state index contributed by atoms with van der Waals surface area (Å²) >= 11 is 0. The summed E-state index contributed by atoms with van der Waals surface area (Å²) in [7, 11) is 1.61. The van der Waals surface area contributed by atoms with E-state index in [4.69, 9.17) is 15.5 Å². The van der Waals surface area contributed by atoms with E-state index in [0.29, 0.717) is 23.5 Å². The number of hydrogen-bond donors (Lipinski definition) is 1. The monoisotopic (exact) mass is 372 g/mol. The second-order valence-corrected chi connectivity index (χ2v) is 7.82. The number of nitrogens with two attached hydrogens (primary N) is 1. The molecule has 2 aromatic heterocycles. The molecule has 0 saturated carbocycles. The number of para-hydroxylation sites is 1. The van der Waals surface area contributed by atoms with E-state index in [0.717, 1.165) is 37.1 Å². The average molecular weight is 372 g/mol. The van der Waals surface area contributed by atoms with Crippen molar-refractivity contribution in [2.75, 3.05) is 32.5 Å². The van der Waals surface area contributed by atoms with Crippen molar-refractivity contribution in [1.29, 1.82) is 0 Å². The molecule has 3 aromatic rings. The fourth-order valence-corrected chi connectivity index (χ4v) is 3.92. The Morgan fingerprint density at radius 3 is 2.89 bits per heavy atom. The van der Waals surface area contributed by atoms with Crippen LogP contribution in [0.25, 0.3) is 16.6 Å². The topological polar surface area (TPSA) is 81.6 Å². The average Bonchev–Trinajstić information content (AvgIpc) is 3.06. The normalized spacial score (nSPS) is 19.0. The number of nitrogen functional groups attached to an aromatic ring is 1. The molecule has 1 saturated heterocycles. The summed E-state index contributed by atoms with van der Waals surface area (Å²) in [6.07, 6.45) is 1.98. The lowest BCUT2D eigenvalue weighted by atomic mass is 9.96. The van der Waals surface area contributed by atoms with Gasteiger partial charge in [-0.2, -0.15) is 4.52 Å². The third-order valence-electron chi connectivity index (χ3n) is 5.00. The van der Waals surface area contributed by atoms with Gasteiger partial charge in [-0.1, -0.05) is 6.07 Å².